The molecule has 1 aromatic heterocycles. The molecule has 0 atom stereocenters. The molecule has 0 saturated heterocycles. The fraction of sp³-hybridized carbons (Fsp3) is 0.220. The van der Waals surface area contributed by atoms with E-state index in [2.05, 4.69) is 183 Å². The highest BCUT2D eigenvalue weighted by molar-refractivity contribution is 7.99. The van der Waals surface area contributed by atoms with Crippen LogP contribution in [0.25, 0.3) is 10.9 Å². The molecule has 0 aliphatic rings. The Balaban J connectivity index is 1.33. The molecule has 0 bridgehead atoms. The van der Waals surface area contributed by atoms with Crippen LogP contribution in [0, 0.1) is 0 Å². The van der Waals surface area contributed by atoms with E-state index in [0.29, 0.717) is 19.4 Å². The van der Waals surface area contributed by atoms with E-state index in [-0.39, 0.29) is 17.5 Å². The number of halogens is 1. The quantitative estimate of drug-likeness (QED) is 0.0780. The van der Waals surface area contributed by atoms with E-state index in [1.807, 2.05) is 17.8 Å². The molecule has 7 heteroatoms. The van der Waals surface area contributed by atoms with Gasteiger partial charge in [-0.05, 0) is 80.8 Å². The average Bonchev–Trinajstić information content (AvgIpc) is 3.51. The summed E-state index contributed by atoms with van der Waals surface area (Å²) in [6, 6.07) is 58.0. The minimum atomic E-state index is -2.79. The topological polar surface area (TPSA) is 51.5 Å². The van der Waals surface area contributed by atoms with Crippen molar-refractivity contribution in [3.63, 3.8) is 0 Å². The SMILES string of the molecule is CC(C)(C)[Si](OCCc1c(CCSc2ccc(CCC(=O)O)cc2)c2cc(Cl)ccc2n1C(c1ccccc1)c1ccccc1)(c1ccccc1)c1ccccc1. The molecule has 0 unspecified atom stereocenters. The van der Waals surface area contributed by atoms with Gasteiger partial charge in [0, 0.05) is 51.7 Å². The zero-order chi connectivity index (χ0) is 39.8. The van der Waals surface area contributed by atoms with E-state index < -0.39 is 14.3 Å². The van der Waals surface area contributed by atoms with Gasteiger partial charge in [-0.1, -0.05) is 166 Å². The highest BCUT2D eigenvalue weighted by Crippen LogP contribution is 2.40. The summed E-state index contributed by atoms with van der Waals surface area (Å²) < 4.78 is 10.1. The second-order valence-electron chi connectivity index (χ2n) is 15.6. The molecule has 0 aliphatic carbocycles. The molecule has 0 spiro atoms. The molecule has 0 radical (unpaired) electrons. The standard InChI is InChI=1S/C50H50ClNO3SSi/c1-50(2,3)57(42-20-12-6-13-21-42,43-22-14-7-15-23-43)55-34-32-47-44(33-35-56-41-28-24-37(25-29-41)26-31-48(53)54)45-36-40(51)27-30-46(45)52(47)49(38-16-8-4-9-17-38)39-18-10-5-11-19-39/h4-25,27-30,36,49H,26,31-35H2,1-3H3,(H,53,54). The van der Waals surface area contributed by atoms with Gasteiger partial charge >= 0.3 is 5.97 Å². The van der Waals surface area contributed by atoms with Gasteiger partial charge in [-0.2, -0.15) is 0 Å². The minimum Gasteiger partial charge on any atom is -0.481 e. The molecule has 0 saturated carbocycles. The lowest BCUT2D eigenvalue weighted by Crippen LogP contribution is -2.66. The fourth-order valence-electron chi connectivity index (χ4n) is 8.35. The van der Waals surface area contributed by atoms with Crippen molar-refractivity contribution in [2.24, 2.45) is 0 Å². The number of fused-ring (bicyclic) bond motifs is 1. The molecule has 0 fully saturated rings. The summed E-state index contributed by atoms with van der Waals surface area (Å²) in [6.45, 7) is 7.55. The summed E-state index contributed by atoms with van der Waals surface area (Å²) in [4.78, 5) is 12.3. The smallest absolute Gasteiger partial charge is 0.303 e. The van der Waals surface area contributed by atoms with Gasteiger partial charge in [0.15, 0.2) is 0 Å². The number of aliphatic carboxylic acids is 1. The summed E-state index contributed by atoms with van der Waals surface area (Å²) in [5, 5.41) is 13.4. The van der Waals surface area contributed by atoms with Crippen LogP contribution in [0.5, 0.6) is 0 Å². The van der Waals surface area contributed by atoms with Crippen LogP contribution in [0.4, 0.5) is 0 Å². The number of hydrogen-bond acceptors (Lipinski definition) is 3. The summed E-state index contributed by atoms with van der Waals surface area (Å²) in [5.41, 5.74) is 7.17. The Hall–Kier alpha value is -4.85. The molecular formula is C50H50ClNO3SSi. The molecule has 1 N–H and O–H groups in total. The molecule has 7 aromatic rings. The van der Waals surface area contributed by atoms with Crippen LogP contribution in [0.3, 0.4) is 0 Å². The lowest BCUT2D eigenvalue weighted by atomic mass is 9.97. The molecule has 4 nitrogen and oxygen atoms in total. The molecule has 290 valence electrons. The molecule has 57 heavy (non-hydrogen) atoms. The van der Waals surface area contributed by atoms with Crippen molar-refractivity contribution >= 4 is 58.9 Å². The van der Waals surface area contributed by atoms with Crippen LogP contribution in [0.15, 0.2) is 169 Å². The lowest BCUT2D eigenvalue weighted by molar-refractivity contribution is -0.136. The first-order valence-electron chi connectivity index (χ1n) is 19.8. The van der Waals surface area contributed by atoms with Gasteiger partial charge in [-0.3, -0.25) is 4.79 Å². The van der Waals surface area contributed by atoms with Crippen molar-refractivity contribution in [3.05, 3.63) is 197 Å². The second-order valence-corrected chi connectivity index (χ2v) is 21.5. The summed E-state index contributed by atoms with van der Waals surface area (Å²) in [6.07, 6.45) is 2.21. The first kappa shape index (κ1) is 40.3. The number of benzene rings is 6. The number of carboxylic acids is 1. The molecule has 0 aliphatic heterocycles. The highest BCUT2D eigenvalue weighted by atomic mass is 35.5. The summed E-state index contributed by atoms with van der Waals surface area (Å²) in [7, 11) is -2.79. The molecule has 0 amide bonds. The van der Waals surface area contributed by atoms with Crippen molar-refractivity contribution in [2.45, 2.75) is 62.4 Å². The van der Waals surface area contributed by atoms with Gasteiger partial charge < -0.3 is 14.1 Å². The van der Waals surface area contributed by atoms with E-state index in [4.69, 9.17) is 21.1 Å². The van der Waals surface area contributed by atoms with E-state index in [1.54, 1.807) is 0 Å². The Bertz CT molecular complexity index is 2300. The summed E-state index contributed by atoms with van der Waals surface area (Å²) >= 11 is 8.66. The first-order valence-corrected chi connectivity index (χ1v) is 23.0. The number of rotatable bonds is 16. The van der Waals surface area contributed by atoms with Gasteiger partial charge in [-0.15, -0.1) is 11.8 Å². The van der Waals surface area contributed by atoms with E-state index in [0.717, 1.165) is 28.3 Å². The largest absolute Gasteiger partial charge is 0.481 e. The third-order valence-electron chi connectivity index (χ3n) is 10.9. The number of carboxylic acid groups (broad SMARTS) is 1. The monoisotopic (exact) mass is 807 g/mol. The number of aryl methyl sites for hydroxylation is 2. The van der Waals surface area contributed by atoms with Gasteiger partial charge in [0.25, 0.3) is 8.32 Å². The van der Waals surface area contributed by atoms with Gasteiger partial charge in [0.2, 0.25) is 0 Å². The maximum absolute atomic E-state index is 11.1. The Morgan fingerprint density at radius 2 is 1.26 bits per heavy atom. The van der Waals surface area contributed by atoms with Crippen LogP contribution in [-0.4, -0.2) is 36.3 Å². The maximum atomic E-state index is 11.1. The van der Waals surface area contributed by atoms with Crippen molar-refractivity contribution in [2.75, 3.05) is 12.4 Å². The zero-order valence-corrected chi connectivity index (χ0v) is 35.5. The predicted molar refractivity (Wildman–Crippen MR) is 241 cm³/mol. The third-order valence-corrected chi connectivity index (χ3v) is 17.2. The number of hydrogen-bond donors (Lipinski definition) is 1. The molecular weight excluding hydrogens is 758 g/mol. The van der Waals surface area contributed by atoms with E-state index in [9.17, 15) is 4.79 Å². The maximum Gasteiger partial charge on any atom is 0.303 e. The summed E-state index contributed by atoms with van der Waals surface area (Å²) in [5.74, 6) is 0.0894. The molecule has 7 rings (SSSR count). The molecule has 6 aromatic carbocycles. The normalized spacial score (nSPS) is 12.0. The first-order chi connectivity index (χ1) is 27.7. The average molecular weight is 809 g/mol. The van der Waals surface area contributed by atoms with Crippen LogP contribution < -0.4 is 10.4 Å². The van der Waals surface area contributed by atoms with Gasteiger partial charge in [0.05, 0.1) is 6.04 Å². The molecule has 1 heterocycles. The predicted octanol–water partition coefficient (Wildman–Crippen LogP) is 11.4. The number of carbonyl (C=O) groups is 1. The zero-order valence-electron chi connectivity index (χ0n) is 32.9. The Labute approximate surface area is 347 Å². The van der Waals surface area contributed by atoms with Crippen molar-refractivity contribution < 1.29 is 14.3 Å². The van der Waals surface area contributed by atoms with E-state index >= 15 is 0 Å². The highest BCUT2D eigenvalue weighted by Gasteiger charge is 2.50. The Kier molecular flexibility index (Phi) is 12.9. The fourth-order valence-corrected chi connectivity index (χ4v) is 14.0. The van der Waals surface area contributed by atoms with Crippen LogP contribution >= 0.6 is 23.4 Å². The van der Waals surface area contributed by atoms with Crippen molar-refractivity contribution in [3.8, 4) is 0 Å². The minimum absolute atomic E-state index is 0.0707. The number of aromatic nitrogens is 1. The number of thioether (sulfide) groups is 1. The van der Waals surface area contributed by atoms with Crippen molar-refractivity contribution in [1.82, 2.24) is 4.57 Å². The van der Waals surface area contributed by atoms with Crippen LogP contribution in [-0.2, 0) is 28.5 Å². The Morgan fingerprint density at radius 1 is 0.719 bits per heavy atom. The number of nitrogens with zero attached hydrogens (tertiary/aromatic N) is 1. The van der Waals surface area contributed by atoms with Crippen molar-refractivity contribution in [1.29, 1.82) is 0 Å². The second kappa shape index (κ2) is 18.2. The van der Waals surface area contributed by atoms with Crippen LogP contribution in [0.1, 0.15) is 61.2 Å². The van der Waals surface area contributed by atoms with Gasteiger partial charge in [-0.25, -0.2) is 0 Å². The van der Waals surface area contributed by atoms with Gasteiger partial charge in [0.1, 0.15) is 0 Å². The lowest BCUT2D eigenvalue weighted by Gasteiger charge is -2.43. The Morgan fingerprint density at radius 3 is 1.79 bits per heavy atom. The third kappa shape index (κ3) is 9.00. The van der Waals surface area contributed by atoms with Crippen LogP contribution in [0.2, 0.25) is 10.1 Å². The van der Waals surface area contributed by atoms with E-state index in [1.165, 1.54) is 43.0 Å².